The Morgan fingerprint density at radius 3 is 2.22 bits per heavy atom. The van der Waals surface area contributed by atoms with Crippen molar-refractivity contribution >= 4 is 10.0 Å². The maximum Gasteiger partial charge on any atom is 0.416 e. The largest absolute Gasteiger partial charge is 0.491 e. The predicted octanol–water partition coefficient (Wildman–Crippen LogP) is 4.41. The molecule has 27 heavy (non-hydrogen) atoms. The van der Waals surface area contributed by atoms with Crippen LogP contribution in [0.15, 0.2) is 47.4 Å². The number of hydrogen-bond acceptors (Lipinski definition) is 3. The van der Waals surface area contributed by atoms with Gasteiger partial charge in [-0.15, -0.1) is 0 Å². The van der Waals surface area contributed by atoms with Crippen molar-refractivity contribution in [2.45, 2.75) is 23.9 Å². The average molecular weight is 399 g/mol. The first kappa shape index (κ1) is 19.7. The summed E-state index contributed by atoms with van der Waals surface area (Å²) in [5, 5.41) is 0. The molecule has 0 unspecified atom stereocenters. The van der Waals surface area contributed by atoms with E-state index in [-0.39, 0.29) is 10.6 Å². The molecule has 8 heteroatoms. The molecular weight excluding hydrogens is 379 g/mol. The van der Waals surface area contributed by atoms with Gasteiger partial charge >= 0.3 is 6.18 Å². The second kappa shape index (κ2) is 7.16. The van der Waals surface area contributed by atoms with E-state index in [1.165, 1.54) is 32.3 Å². The van der Waals surface area contributed by atoms with Crippen molar-refractivity contribution in [2.75, 3.05) is 20.7 Å². The van der Waals surface area contributed by atoms with Crippen LogP contribution in [0.2, 0.25) is 0 Å². The van der Waals surface area contributed by atoms with Crippen LogP contribution in [-0.4, -0.2) is 33.4 Å². The Morgan fingerprint density at radius 2 is 1.70 bits per heavy atom. The molecule has 0 radical (unpaired) electrons. The first-order valence-electron chi connectivity index (χ1n) is 8.46. The number of halogens is 3. The van der Waals surface area contributed by atoms with E-state index in [0.717, 1.165) is 29.3 Å². The van der Waals surface area contributed by atoms with Crippen molar-refractivity contribution in [3.8, 4) is 16.9 Å². The fourth-order valence-electron chi connectivity index (χ4n) is 2.62. The average Bonchev–Trinajstić information content (AvgIpc) is 3.43. The summed E-state index contributed by atoms with van der Waals surface area (Å²) in [5.74, 6) is 0.568. The van der Waals surface area contributed by atoms with Crippen molar-refractivity contribution in [3.05, 3.63) is 48.0 Å². The van der Waals surface area contributed by atoms with Gasteiger partial charge in [0.1, 0.15) is 10.6 Å². The maximum absolute atomic E-state index is 12.8. The molecule has 0 aromatic heterocycles. The van der Waals surface area contributed by atoms with Crippen molar-refractivity contribution in [2.24, 2.45) is 5.92 Å². The van der Waals surface area contributed by atoms with Crippen LogP contribution in [0.1, 0.15) is 18.4 Å². The lowest BCUT2D eigenvalue weighted by molar-refractivity contribution is -0.137. The molecule has 1 fully saturated rings. The van der Waals surface area contributed by atoms with Gasteiger partial charge in [-0.2, -0.15) is 13.2 Å². The smallest absolute Gasteiger partial charge is 0.416 e. The highest BCUT2D eigenvalue weighted by Crippen LogP contribution is 2.39. The molecule has 0 heterocycles. The molecule has 1 aliphatic rings. The molecule has 0 aliphatic heterocycles. The molecule has 4 nitrogen and oxygen atoms in total. The normalized spacial score (nSPS) is 15.2. The van der Waals surface area contributed by atoms with Gasteiger partial charge in [0.2, 0.25) is 10.0 Å². The molecule has 1 saturated carbocycles. The number of nitrogens with zero attached hydrogens (tertiary/aromatic N) is 1. The molecule has 0 atom stereocenters. The lowest BCUT2D eigenvalue weighted by Gasteiger charge is -2.19. The van der Waals surface area contributed by atoms with E-state index >= 15 is 0 Å². The van der Waals surface area contributed by atoms with Crippen LogP contribution < -0.4 is 4.74 Å². The Hall–Kier alpha value is -2.06. The van der Waals surface area contributed by atoms with E-state index < -0.39 is 21.8 Å². The minimum Gasteiger partial charge on any atom is -0.491 e. The first-order valence-corrected chi connectivity index (χ1v) is 9.90. The molecule has 146 valence electrons. The van der Waals surface area contributed by atoms with Gasteiger partial charge in [0.05, 0.1) is 12.2 Å². The predicted molar refractivity (Wildman–Crippen MR) is 96.0 cm³/mol. The first-order chi connectivity index (χ1) is 12.6. The highest BCUT2D eigenvalue weighted by atomic mass is 32.2. The second-order valence-electron chi connectivity index (χ2n) is 6.75. The Morgan fingerprint density at radius 1 is 1.07 bits per heavy atom. The zero-order valence-electron chi connectivity index (χ0n) is 15.0. The highest BCUT2D eigenvalue weighted by Gasteiger charge is 2.31. The molecule has 1 aliphatic carbocycles. The third-order valence-corrected chi connectivity index (χ3v) is 6.26. The number of hydrogen-bond donors (Lipinski definition) is 0. The Labute approximate surface area is 156 Å². The number of alkyl halides is 3. The van der Waals surface area contributed by atoms with E-state index in [0.29, 0.717) is 23.7 Å². The van der Waals surface area contributed by atoms with Crippen molar-refractivity contribution in [1.29, 1.82) is 0 Å². The Balaban J connectivity index is 2.08. The highest BCUT2D eigenvalue weighted by molar-refractivity contribution is 7.89. The molecule has 0 amide bonds. The van der Waals surface area contributed by atoms with Gasteiger partial charge in [-0.1, -0.05) is 24.3 Å². The number of sulfonamides is 1. The topological polar surface area (TPSA) is 46.6 Å². The number of ether oxygens (including phenoxy) is 1. The third-order valence-electron chi connectivity index (χ3n) is 4.42. The van der Waals surface area contributed by atoms with Crippen LogP contribution in [0.3, 0.4) is 0 Å². The van der Waals surface area contributed by atoms with Crippen LogP contribution in [-0.2, 0) is 16.2 Å². The standard InChI is InChI=1S/C19H20F3NO3S/c1-23(2)27(24,25)17-5-3-4-16(18(17)26-12-13-6-7-13)14-8-10-15(11-9-14)19(20,21)22/h3-5,8-11,13H,6-7,12H2,1-2H3. The van der Waals surface area contributed by atoms with Crippen molar-refractivity contribution in [3.63, 3.8) is 0 Å². The molecule has 2 aromatic carbocycles. The summed E-state index contributed by atoms with van der Waals surface area (Å²) in [5.41, 5.74) is 0.153. The van der Waals surface area contributed by atoms with Gasteiger partial charge < -0.3 is 4.74 Å². The Bertz CT molecular complexity index is 918. The summed E-state index contributed by atoms with van der Waals surface area (Å²) >= 11 is 0. The zero-order valence-corrected chi connectivity index (χ0v) is 15.8. The molecule has 3 rings (SSSR count). The fraction of sp³-hybridized carbons (Fsp3) is 0.368. The van der Waals surface area contributed by atoms with Crippen LogP contribution in [0.25, 0.3) is 11.1 Å². The zero-order chi connectivity index (χ0) is 19.8. The van der Waals surface area contributed by atoms with Crippen LogP contribution in [0, 0.1) is 5.92 Å². The van der Waals surface area contributed by atoms with E-state index in [1.54, 1.807) is 12.1 Å². The minimum absolute atomic E-state index is 0.00514. The van der Waals surface area contributed by atoms with Crippen molar-refractivity contribution in [1.82, 2.24) is 4.31 Å². The molecule has 0 saturated heterocycles. The van der Waals surface area contributed by atoms with E-state index in [4.69, 9.17) is 4.74 Å². The fourth-order valence-corrected chi connectivity index (χ4v) is 3.66. The van der Waals surface area contributed by atoms with Crippen LogP contribution in [0.5, 0.6) is 5.75 Å². The molecule has 0 bridgehead atoms. The molecule has 2 aromatic rings. The van der Waals surface area contributed by atoms with Gasteiger partial charge in [0.25, 0.3) is 0 Å². The van der Waals surface area contributed by atoms with Gasteiger partial charge in [0.15, 0.2) is 0 Å². The lowest BCUT2D eigenvalue weighted by Crippen LogP contribution is -2.23. The van der Waals surface area contributed by atoms with Gasteiger partial charge in [0, 0.05) is 19.7 Å². The van der Waals surface area contributed by atoms with E-state index in [1.807, 2.05) is 0 Å². The molecular formula is C19H20F3NO3S. The van der Waals surface area contributed by atoms with Crippen LogP contribution in [0.4, 0.5) is 13.2 Å². The number of para-hydroxylation sites is 1. The van der Waals surface area contributed by atoms with Gasteiger partial charge in [-0.3, -0.25) is 0 Å². The number of rotatable bonds is 6. The van der Waals surface area contributed by atoms with E-state index in [2.05, 4.69) is 0 Å². The number of benzene rings is 2. The summed E-state index contributed by atoms with van der Waals surface area (Å²) in [7, 11) is -0.926. The van der Waals surface area contributed by atoms with E-state index in [9.17, 15) is 21.6 Å². The van der Waals surface area contributed by atoms with Gasteiger partial charge in [-0.25, -0.2) is 12.7 Å². The lowest BCUT2D eigenvalue weighted by atomic mass is 10.0. The summed E-state index contributed by atoms with van der Waals surface area (Å²) in [6, 6.07) is 9.28. The Kier molecular flexibility index (Phi) is 5.22. The summed E-state index contributed by atoms with van der Waals surface area (Å²) < 4.78 is 70.8. The molecule has 0 N–H and O–H groups in total. The second-order valence-corrected chi connectivity index (χ2v) is 8.87. The SMILES string of the molecule is CN(C)S(=O)(=O)c1cccc(-c2ccc(C(F)(F)F)cc2)c1OCC1CC1. The van der Waals surface area contributed by atoms with Crippen molar-refractivity contribution < 1.29 is 26.3 Å². The quantitative estimate of drug-likeness (QED) is 0.723. The van der Waals surface area contributed by atoms with Crippen LogP contribution >= 0.6 is 0 Å². The summed E-state index contributed by atoms with van der Waals surface area (Å²) in [4.78, 5) is 0.00514. The molecule has 0 spiro atoms. The minimum atomic E-state index is -4.43. The summed E-state index contributed by atoms with van der Waals surface area (Å²) in [6.45, 7) is 0.383. The monoisotopic (exact) mass is 399 g/mol. The van der Waals surface area contributed by atoms with Gasteiger partial charge in [-0.05, 0) is 42.5 Å². The summed E-state index contributed by atoms with van der Waals surface area (Å²) in [6.07, 6.45) is -2.38. The maximum atomic E-state index is 12.8. The third kappa shape index (κ3) is 4.27.